The van der Waals surface area contributed by atoms with Gasteiger partial charge in [-0.05, 0) is 19.3 Å². The lowest BCUT2D eigenvalue weighted by molar-refractivity contribution is -0.141. The summed E-state index contributed by atoms with van der Waals surface area (Å²) in [6.07, 6.45) is 5.56. The van der Waals surface area contributed by atoms with Gasteiger partial charge in [-0.25, -0.2) is 4.98 Å². The molecule has 0 bridgehead atoms. The Morgan fingerprint density at radius 2 is 2.29 bits per heavy atom. The van der Waals surface area contributed by atoms with E-state index in [2.05, 4.69) is 15.2 Å². The Hall–Kier alpha value is -1.98. The van der Waals surface area contributed by atoms with Crippen LogP contribution < -0.4 is 0 Å². The van der Waals surface area contributed by atoms with E-state index in [9.17, 15) is 4.79 Å². The molecule has 2 heterocycles. The topological polar surface area (TPSA) is 80.4 Å². The average molecular weight is 232 g/mol. The largest absolute Gasteiger partial charge is 0.481 e. The van der Waals surface area contributed by atoms with E-state index in [0.29, 0.717) is 6.42 Å². The van der Waals surface area contributed by atoms with Gasteiger partial charge in [-0.3, -0.25) is 9.20 Å². The van der Waals surface area contributed by atoms with Crippen LogP contribution in [0.25, 0.3) is 5.65 Å². The smallest absolute Gasteiger partial charge is 0.306 e. The molecule has 6 heteroatoms. The zero-order chi connectivity index (χ0) is 11.8. The number of rotatable bonds is 2. The van der Waals surface area contributed by atoms with Crippen LogP contribution in [0.3, 0.4) is 0 Å². The van der Waals surface area contributed by atoms with Gasteiger partial charge in [0.25, 0.3) is 0 Å². The Morgan fingerprint density at radius 1 is 1.41 bits per heavy atom. The van der Waals surface area contributed by atoms with Gasteiger partial charge in [-0.15, -0.1) is 10.2 Å². The zero-order valence-corrected chi connectivity index (χ0v) is 9.15. The molecule has 0 saturated heterocycles. The number of hydrogen-bond acceptors (Lipinski definition) is 4. The van der Waals surface area contributed by atoms with Crippen LogP contribution in [-0.4, -0.2) is 30.7 Å². The first kappa shape index (κ1) is 10.2. The van der Waals surface area contributed by atoms with Crippen LogP contribution in [-0.2, 0) is 4.79 Å². The van der Waals surface area contributed by atoms with E-state index in [4.69, 9.17) is 5.11 Å². The third kappa shape index (κ3) is 1.65. The summed E-state index contributed by atoms with van der Waals surface area (Å²) in [5.41, 5.74) is 0.758. The molecular formula is C11H12N4O2. The highest BCUT2D eigenvalue weighted by Crippen LogP contribution is 2.37. The average Bonchev–Trinajstić information content (AvgIpc) is 2.95. The van der Waals surface area contributed by atoms with Gasteiger partial charge in [0.05, 0.1) is 5.92 Å². The van der Waals surface area contributed by atoms with Gasteiger partial charge < -0.3 is 5.11 Å². The molecule has 0 radical (unpaired) electrons. The van der Waals surface area contributed by atoms with Crippen molar-refractivity contribution in [3.8, 4) is 0 Å². The van der Waals surface area contributed by atoms with Crippen molar-refractivity contribution in [3.05, 3.63) is 24.4 Å². The van der Waals surface area contributed by atoms with E-state index in [1.54, 1.807) is 18.6 Å². The maximum Gasteiger partial charge on any atom is 0.306 e. The minimum Gasteiger partial charge on any atom is -0.481 e. The Balaban J connectivity index is 1.93. The molecule has 0 spiro atoms. The third-order valence-electron chi connectivity index (χ3n) is 3.39. The normalized spacial score (nSPS) is 24.2. The molecule has 0 aliphatic heterocycles. The molecule has 2 atom stereocenters. The Labute approximate surface area is 97.3 Å². The van der Waals surface area contributed by atoms with Gasteiger partial charge in [-0.2, -0.15) is 0 Å². The van der Waals surface area contributed by atoms with E-state index in [1.165, 1.54) is 0 Å². The molecule has 2 aromatic rings. The first-order valence-electron chi connectivity index (χ1n) is 5.63. The molecule has 2 aromatic heterocycles. The summed E-state index contributed by atoms with van der Waals surface area (Å²) in [4.78, 5) is 15.0. The first-order chi connectivity index (χ1) is 8.25. The molecule has 3 rings (SSSR count). The molecule has 2 unspecified atom stereocenters. The van der Waals surface area contributed by atoms with E-state index in [1.807, 2.05) is 4.40 Å². The number of hydrogen-bond donors (Lipinski definition) is 1. The lowest BCUT2D eigenvalue weighted by atomic mass is 10.0. The van der Waals surface area contributed by atoms with Crippen LogP contribution in [0.1, 0.15) is 31.0 Å². The van der Waals surface area contributed by atoms with Crippen LogP contribution in [0.2, 0.25) is 0 Å². The van der Waals surface area contributed by atoms with Crippen LogP contribution in [0, 0.1) is 5.92 Å². The summed E-state index contributed by atoms with van der Waals surface area (Å²) in [5, 5.41) is 17.2. The summed E-state index contributed by atoms with van der Waals surface area (Å²) in [5.74, 6) is 0.0515. The van der Waals surface area contributed by atoms with E-state index in [-0.39, 0.29) is 11.8 Å². The number of aromatic nitrogens is 4. The molecule has 0 amide bonds. The van der Waals surface area contributed by atoms with Crippen molar-refractivity contribution in [2.24, 2.45) is 5.92 Å². The number of carbonyl (C=O) groups is 1. The summed E-state index contributed by atoms with van der Waals surface area (Å²) >= 11 is 0. The Bertz CT molecular complexity index is 565. The van der Waals surface area contributed by atoms with E-state index < -0.39 is 5.97 Å². The first-order valence-corrected chi connectivity index (χ1v) is 5.63. The fourth-order valence-electron chi connectivity index (χ4n) is 2.48. The van der Waals surface area contributed by atoms with Crippen LogP contribution in [0.5, 0.6) is 0 Å². The van der Waals surface area contributed by atoms with E-state index >= 15 is 0 Å². The molecule has 1 aliphatic carbocycles. The van der Waals surface area contributed by atoms with Crippen LogP contribution >= 0.6 is 0 Å². The molecule has 1 aliphatic rings. The fourth-order valence-corrected chi connectivity index (χ4v) is 2.48. The van der Waals surface area contributed by atoms with Gasteiger partial charge >= 0.3 is 5.97 Å². The van der Waals surface area contributed by atoms with Crippen LogP contribution in [0.4, 0.5) is 0 Å². The van der Waals surface area contributed by atoms with Crippen molar-refractivity contribution in [1.29, 1.82) is 0 Å². The third-order valence-corrected chi connectivity index (χ3v) is 3.39. The lowest BCUT2D eigenvalue weighted by Gasteiger charge is -2.06. The van der Waals surface area contributed by atoms with Gasteiger partial charge in [0.15, 0.2) is 5.65 Å². The molecule has 17 heavy (non-hydrogen) atoms. The summed E-state index contributed by atoms with van der Waals surface area (Å²) < 4.78 is 1.84. The highest BCUT2D eigenvalue weighted by Gasteiger charge is 2.33. The highest BCUT2D eigenvalue weighted by atomic mass is 16.4. The van der Waals surface area contributed by atoms with Crippen molar-refractivity contribution in [2.75, 3.05) is 0 Å². The predicted octanol–water partition coefficient (Wildman–Crippen LogP) is 1.09. The second-order valence-electron chi connectivity index (χ2n) is 4.41. The zero-order valence-electron chi connectivity index (χ0n) is 9.15. The number of aliphatic carboxylic acids is 1. The Morgan fingerprint density at radius 3 is 3.06 bits per heavy atom. The maximum atomic E-state index is 10.9. The summed E-state index contributed by atoms with van der Waals surface area (Å²) in [6.45, 7) is 0. The molecule has 88 valence electrons. The van der Waals surface area contributed by atoms with Crippen molar-refractivity contribution in [3.63, 3.8) is 0 Å². The highest BCUT2D eigenvalue weighted by molar-refractivity contribution is 5.70. The standard InChI is InChI=1S/C11H12N4O2/c16-11(17)8-2-1-7(5-8)10-14-13-9-3-4-12-6-15(9)10/h3-4,6-8H,1-2,5H2,(H,16,17). The summed E-state index contributed by atoms with van der Waals surface area (Å²) in [6, 6.07) is 1.79. The van der Waals surface area contributed by atoms with Crippen LogP contribution in [0.15, 0.2) is 18.6 Å². The van der Waals surface area contributed by atoms with Gasteiger partial charge in [-0.1, -0.05) is 0 Å². The predicted molar refractivity (Wildman–Crippen MR) is 58.5 cm³/mol. The van der Waals surface area contributed by atoms with Crippen molar-refractivity contribution >= 4 is 11.6 Å². The molecular weight excluding hydrogens is 220 g/mol. The number of fused-ring (bicyclic) bond motifs is 1. The summed E-state index contributed by atoms with van der Waals surface area (Å²) in [7, 11) is 0. The van der Waals surface area contributed by atoms with Gasteiger partial charge in [0, 0.05) is 18.2 Å². The quantitative estimate of drug-likeness (QED) is 0.838. The molecule has 1 fully saturated rings. The molecule has 0 aromatic carbocycles. The molecule has 1 N–H and O–H groups in total. The fraction of sp³-hybridized carbons (Fsp3) is 0.455. The SMILES string of the molecule is O=C(O)C1CCC(c2nnc3ccncn23)C1. The maximum absolute atomic E-state index is 10.9. The van der Waals surface area contributed by atoms with E-state index in [0.717, 1.165) is 24.3 Å². The monoisotopic (exact) mass is 232 g/mol. The van der Waals surface area contributed by atoms with Gasteiger partial charge in [0.1, 0.15) is 12.2 Å². The van der Waals surface area contributed by atoms with Gasteiger partial charge in [0.2, 0.25) is 0 Å². The lowest BCUT2D eigenvalue weighted by Crippen LogP contribution is -2.10. The minimum absolute atomic E-state index is 0.176. The molecule has 6 nitrogen and oxygen atoms in total. The van der Waals surface area contributed by atoms with Crippen molar-refractivity contribution < 1.29 is 9.90 Å². The van der Waals surface area contributed by atoms with Crippen molar-refractivity contribution in [2.45, 2.75) is 25.2 Å². The number of nitrogens with zero attached hydrogens (tertiary/aromatic N) is 4. The minimum atomic E-state index is -0.709. The molecule has 1 saturated carbocycles. The number of carboxylic acids is 1. The number of carboxylic acid groups (broad SMARTS) is 1. The second kappa shape index (κ2) is 3.80. The second-order valence-corrected chi connectivity index (χ2v) is 4.41. The van der Waals surface area contributed by atoms with Crippen molar-refractivity contribution in [1.82, 2.24) is 19.6 Å². The Kier molecular flexibility index (Phi) is 2.28.